The highest BCUT2D eigenvalue weighted by atomic mass is 16.7. The SMILES string of the molecule is CCCCCCCCCCCCCCCCCCCCCCCCCC(=O)N[C@@H](CO[C@H]1O[C@H](C(=O)Nc2ccccc2)[C@H](O)[C@H](O)[C@H]1O)[C@H](O)[C@H](O)CCCCCCCCCCCCCC. The van der Waals surface area contributed by atoms with Gasteiger partial charge in [-0.05, 0) is 25.0 Å². The Bertz CT molecular complexity index is 1290. The molecule has 0 unspecified atom stereocenters. The number of rotatable bonds is 45. The predicted octanol–water partition coefficient (Wildman–Crippen LogP) is 12.1. The zero-order valence-electron chi connectivity index (χ0n) is 42.7. The molecule has 0 radical (unpaired) electrons. The lowest BCUT2D eigenvalue weighted by molar-refractivity contribution is -0.292. The first-order valence-electron chi connectivity index (χ1n) is 28.0. The maximum absolute atomic E-state index is 13.2. The van der Waals surface area contributed by atoms with Crippen LogP contribution in [0.3, 0.4) is 0 Å². The summed E-state index contributed by atoms with van der Waals surface area (Å²) in [7, 11) is 0. The lowest BCUT2D eigenvalue weighted by atomic mass is 9.97. The van der Waals surface area contributed by atoms with Gasteiger partial charge in [0.25, 0.3) is 5.91 Å². The molecular formula is C56H102N2O9. The minimum absolute atomic E-state index is 0.256. The lowest BCUT2D eigenvalue weighted by Crippen LogP contribution is -2.62. The van der Waals surface area contributed by atoms with Crippen molar-refractivity contribution in [3.05, 3.63) is 30.3 Å². The van der Waals surface area contributed by atoms with Gasteiger partial charge in [0.05, 0.1) is 18.8 Å². The number of amides is 2. The molecule has 2 amide bonds. The van der Waals surface area contributed by atoms with Crippen LogP contribution in [0.5, 0.6) is 0 Å². The Morgan fingerprint density at radius 3 is 1.34 bits per heavy atom. The standard InChI is InChI=1S/C56H102N2O9/c1-3-5-7-9-11-13-15-17-18-19-20-21-22-23-24-25-26-27-29-31-33-35-40-44-49(60)58-47(50(61)48(59)43-39-34-32-30-28-16-14-12-10-8-6-4-2)45-66-56-53(64)51(62)52(63)54(67-56)55(65)57-46-41-37-36-38-42-46/h36-38,41-42,47-48,50-54,56,59,61-64H,3-35,39-40,43-45H2,1-2H3,(H,57,65)(H,58,60)/t47-,48+,50-,51-,52+,53+,54-,56-/m0/s1. The molecule has 8 atom stereocenters. The second-order valence-electron chi connectivity index (χ2n) is 20.0. The van der Waals surface area contributed by atoms with Crippen LogP contribution in [-0.4, -0.2) is 92.9 Å². The van der Waals surface area contributed by atoms with Crippen LogP contribution in [0.2, 0.25) is 0 Å². The third-order valence-electron chi connectivity index (χ3n) is 13.8. The van der Waals surface area contributed by atoms with E-state index in [9.17, 15) is 35.1 Å². The third kappa shape index (κ3) is 30.3. The molecule has 1 aromatic rings. The van der Waals surface area contributed by atoms with Gasteiger partial charge in [0, 0.05) is 12.1 Å². The van der Waals surface area contributed by atoms with Crippen molar-refractivity contribution in [2.75, 3.05) is 11.9 Å². The van der Waals surface area contributed by atoms with E-state index in [4.69, 9.17) is 9.47 Å². The number of aliphatic hydroxyl groups is 5. The first kappa shape index (κ1) is 61.0. The summed E-state index contributed by atoms with van der Waals surface area (Å²) in [5.74, 6) is -1.02. The van der Waals surface area contributed by atoms with Gasteiger partial charge in [-0.25, -0.2) is 0 Å². The number of unbranched alkanes of at least 4 members (excludes halogenated alkanes) is 33. The van der Waals surface area contributed by atoms with Gasteiger partial charge < -0.3 is 45.6 Å². The molecule has 0 aromatic heterocycles. The van der Waals surface area contributed by atoms with Crippen LogP contribution in [0.1, 0.15) is 251 Å². The Labute approximate surface area is 408 Å². The molecule has 1 fully saturated rings. The van der Waals surface area contributed by atoms with Crippen molar-refractivity contribution in [1.82, 2.24) is 5.32 Å². The summed E-state index contributed by atoms with van der Waals surface area (Å²) in [6.07, 6.45) is 33.8. The summed E-state index contributed by atoms with van der Waals surface area (Å²) in [5.41, 5.74) is 0.454. The minimum atomic E-state index is -1.77. The third-order valence-corrected chi connectivity index (χ3v) is 13.8. The molecule has 390 valence electrons. The highest BCUT2D eigenvalue weighted by Gasteiger charge is 2.47. The Hall–Kier alpha value is -2.12. The van der Waals surface area contributed by atoms with Gasteiger partial charge >= 0.3 is 0 Å². The van der Waals surface area contributed by atoms with E-state index >= 15 is 0 Å². The van der Waals surface area contributed by atoms with Crippen molar-refractivity contribution in [3.8, 4) is 0 Å². The second kappa shape index (κ2) is 41.6. The zero-order valence-corrected chi connectivity index (χ0v) is 42.7. The Balaban J connectivity index is 1.70. The topological polar surface area (TPSA) is 178 Å². The van der Waals surface area contributed by atoms with E-state index in [1.807, 2.05) is 0 Å². The number of benzene rings is 1. The summed E-state index contributed by atoms with van der Waals surface area (Å²) < 4.78 is 11.5. The molecule has 1 saturated heterocycles. The number of nitrogens with one attached hydrogen (secondary N) is 2. The molecular weight excluding hydrogens is 845 g/mol. The Morgan fingerprint density at radius 1 is 0.537 bits per heavy atom. The normalized spacial score (nSPS) is 19.8. The first-order chi connectivity index (χ1) is 32.7. The molecule has 11 nitrogen and oxygen atoms in total. The molecule has 7 N–H and O–H groups in total. The van der Waals surface area contributed by atoms with Gasteiger partial charge in [-0.3, -0.25) is 9.59 Å². The molecule has 0 saturated carbocycles. The van der Waals surface area contributed by atoms with E-state index < -0.39 is 54.9 Å². The second-order valence-corrected chi connectivity index (χ2v) is 20.0. The summed E-state index contributed by atoms with van der Waals surface area (Å²) in [6, 6.07) is 7.51. The van der Waals surface area contributed by atoms with Crippen molar-refractivity contribution >= 4 is 17.5 Å². The summed E-state index contributed by atoms with van der Waals surface area (Å²) in [6.45, 7) is 4.14. The molecule has 0 bridgehead atoms. The van der Waals surface area contributed by atoms with Crippen LogP contribution in [0.25, 0.3) is 0 Å². The number of carbonyl (C=O) groups excluding carboxylic acids is 2. The molecule has 11 heteroatoms. The van der Waals surface area contributed by atoms with E-state index in [1.54, 1.807) is 30.3 Å². The van der Waals surface area contributed by atoms with Crippen LogP contribution in [0.15, 0.2) is 30.3 Å². The largest absolute Gasteiger partial charge is 0.390 e. The van der Waals surface area contributed by atoms with E-state index in [0.717, 1.165) is 44.9 Å². The van der Waals surface area contributed by atoms with Gasteiger partial charge in [0.15, 0.2) is 12.4 Å². The monoisotopic (exact) mass is 947 g/mol. The fourth-order valence-electron chi connectivity index (χ4n) is 9.34. The van der Waals surface area contributed by atoms with Crippen molar-refractivity contribution in [1.29, 1.82) is 0 Å². The maximum Gasteiger partial charge on any atom is 0.256 e. The van der Waals surface area contributed by atoms with E-state index in [2.05, 4.69) is 24.5 Å². The van der Waals surface area contributed by atoms with Gasteiger partial charge in [-0.15, -0.1) is 0 Å². The minimum Gasteiger partial charge on any atom is -0.390 e. The average Bonchev–Trinajstić information content (AvgIpc) is 3.33. The van der Waals surface area contributed by atoms with Gasteiger partial charge in [0.2, 0.25) is 5.91 Å². The van der Waals surface area contributed by atoms with E-state index in [1.165, 1.54) is 173 Å². The smallest absolute Gasteiger partial charge is 0.256 e. The lowest BCUT2D eigenvalue weighted by Gasteiger charge is -2.40. The number of ether oxygens (including phenoxy) is 2. The van der Waals surface area contributed by atoms with Gasteiger partial charge in [-0.1, -0.05) is 250 Å². The van der Waals surface area contributed by atoms with E-state index in [-0.39, 0.29) is 18.9 Å². The summed E-state index contributed by atoms with van der Waals surface area (Å²) in [4.78, 5) is 26.3. The molecule has 1 aliphatic rings. The molecule has 1 aliphatic heterocycles. The number of aliphatic hydroxyl groups excluding tert-OH is 5. The molecule has 1 heterocycles. The molecule has 2 rings (SSSR count). The Morgan fingerprint density at radius 2 is 0.925 bits per heavy atom. The number of para-hydroxylation sites is 1. The number of hydrogen-bond donors (Lipinski definition) is 7. The van der Waals surface area contributed by atoms with E-state index in [0.29, 0.717) is 18.5 Å². The number of carbonyl (C=O) groups is 2. The quantitative estimate of drug-likeness (QED) is 0.0314. The van der Waals surface area contributed by atoms with Crippen LogP contribution < -0.4 is 10.6 Å². The van der Waals surface area contributed by atoms with Crippen LogP contribution >= 0.6 is 0 Å². The van der Waals surface area contributed by atoms with Crippen molar-refractivity contribution in [2.45, 2.75) is 300 Å². The molecule has 67 heavy (non-hydrogen) atoms. The summed E-state index contributed by atoms with van der Waals surface area (Å²) in [5, 5.41) is 60.0. The average molecular weight is 947 g/mol. The first-order valence-corrected chi connectivity index (χ1v) is 28.0. The zero-order chi connectivity index (χ0) is 48.6. The fraction of sp³-hybridized carbons (Fsp3) is 0.857. The predicted molar refractivity (Wildman–Crippen MR) is 274 cm³/mol. The van der Waals surface area contributed by atoms with Crippen LogP contribution in [0.4, 0.5) is 5.69 Å². The van der Waals surface area contributed by atoms with Crippen molar-refractivity contribution in [2.24, 2.45) is 0 Å². The van der Waals surface area contributed by atoms with Crippen LogP contribution in [-0.2, 0) is 19.1 Å². The number of hydrogen-bond acceptors (Lipinski definition) is 9. The Kier molecular flexibility index (Phi) is 37.9. The van der Waals surface area contributed by atoms with Gasteiger partial charge in [0.1, 0.15) is 24.4 Å². The highest BCUT2D eigenvalue weighted by Crippen LogP contribution is 2.25. The maximum atomic E-state index is 13.2. The fourth-order valence-corrected chi connectivity index (χ4v) is 9.34. The summed E-state index contributed by atoms with van der Waals surface area (Å²) >= 11 is 0. The number of anilines is 1. The van der Waals surface area contributed by atoms with Crippen molar-refractivity contribution in [3.63, 3.8) is 0 Å². The molecule has 0 aliphatic carbocycles. The van der Waals surface area contributed by atoms with Crippen molar-refractivity contribution < 1.29 is 44.6 Å². The molecule has 1 aromatic carbocycles. The highest BCUT2D eigenvalue weighted by molar-refractivity contribution is 5.94. The molecule has 0 spiro atoms. The van der Waals surface area contributed by atoms with Crippen LogP contribution in [0, 0.1) is 0 Å². The van der Waals surface area contributed by atoms with Gasteiger partial charge in [-0.2, -0.15) is 0 Å².